The molecule has 0 bridgehead atoms. The van der Waals surface area contributed by atoms with E-state index in [1.807, 2.05) is 0 Å². The molecule has 6 fully saturated rings. The molecule has 11 atom stereocenters. The van der Waals surface area contributed by atoms with E-state index < -0.39 is 53.8 Å². The fraction of sp³-hybridized carbons (Fsp3) is 0.694. The van der Waals surface area contributed by atoms with Crippen molar-refractivity contribution in [3.8, 4) is 0 Å². The topological polar surface area (TPSA) is 195 Å². The molecule has 0 aromatic carbocycles. The number of carbonyl (C=O) groups is 4. The first kappa shape index (κ1) is 49.1. The van der Waals surface area contributed by atoms with E-state index in [0.29, 0.717) is 5.57 Å². The van der Waals surface area contributed by atoms with Crippen LogP contribution in [-0.4, -0.2) is 116 Å². The van der Waals surface area contributed by atoms with Gasteiger partial charge >= 0.3 is 46.9 Å². The summed E-state index contributed by atoms with van der Waals surface area (Å²) in [5, 5.41) is 38.3. The largest absolute Gasteiger partial charge is 2.00 e. The molecule has 0 radical (unpaired) electrons. The number of hydrogen-bond donors (Lipinski definition) is 4. The van der Waals surface area contributed by atoms with Gasteiger partial charge < -0.3 is 63.9 Å². The minimum absolute atomic E-state index is 0. The molecule has 286 valence electrons. The second kappa shape index (κ2) is 20.5. The number of fused-ring (bicyclic) bond motifs is 3. The second-order valence-electron chi connectivity index (χ2n) is 13.9. The molecule has 0 aromatic heterocycles. The van der Waals surface area contributed by atoms with Gasteiger partial charge in [0.25, 0.3) is 0 Å². The van der Waals surface area contributed by atoms with Gasteiger partial charge in [-0.3, -0.25) is 0 Å². The van der Waals surface area contributed by atoms with Crippen LogP contribution in [0.15, 0.2) is 36.5 Å². The Morgan fingerprint density at radius 3 is 1.57 bits per heavy atom. The first-order chi connectivity index (χ1) is 22.3. The third kappa shape index (κ3) is 12.6. The SMILES string of the molecule is C=C(C)C(=O)OC(=O)C(=C)C.C=C(C)C(=O)OC1C2CCCC2OC1(C)O.CC1(O)OC2CCCC2C1O.O=C1OC2CCCC2C1O.[CH3-].[Cl-].[Mg+2]. The van der Waals surface area contributed by atoms with Gasteiger partial charge in [-0.1, -0.05) is 32.6 Å². The Hall–Kier alpha value is -1.88. The van der Waals surface area contributed by atoms with Crippen molar-refractivity contribution in [1.29, 1.82) is 0 Å². The van der Waals surface area contributed by atoms with Gasteiger partial charge in [-0.05, 0) is 79.6 Å². The number of ether oxygens (including phenoxy) is 5. The molecular formula is C36H55ClMgO13. The summed E-state index contributed by atoms with van der Waals surface area (Å²) in [6, 6.07) is 0. The van der Waals surface area contributed by atoms with Gasteiger partial charge in [0.15, 0.2) is 18.0 Å². The molecule has 0 amide bonds. The zero-order chi connectivity index (χ0) is 36.1. The van der Waals surface area contributed by atoms with Gasteiger partial charge in [-0.15, -0.1) is 0 Å². The average Bonchev–Trinajstić information content (AvgIpc) is 3.83. The molecule has 11 unspecified atom stereocenters. The van der Waals surface area contributed by atoms with Crippen LogP contribution in [0.3, 0.4) is 0 Å². The van der Waals surface area contributed by atoms with E-state index in [-0.39, 0.29) is 90.1 Å². The fourth-order valence-electron chi connectivity index (χ4n) is 6.98. The first-order valence-electron chi connectivity index (χ1n) is 16.6. The van der Waals surface area contributed by atoms with Gasteiger partial charge in [0, 0.05) is 34.5 Å². The van der Waals surface area contributed by atoms with Crippen LogP contribution >= 0.6 is 0 Å². The van der Waals surface area contributed by atoms with Crippen molar-refractivity contribution >= 4 is 46.9 Å². The number of hydrogen-bond acceptors (Lipinski definition) is 13. The molecule has 4 N–H and O–H groups in total. The van der Waals surface area contributed by atoms with Crippen LogP contribution in [0.5, 0.6) is 0 Å². The Balaban J connectivity index is 0.000000652. The van der Waals surface area contributed by atoms with Crippen molar-refractivity contribution in [3.05, 3.63) is 43.9 Å². The molecule has 6 rings (SSSR count). The molecule has 51 heavy (non-hydrogen) atoms. The van der Waals surface area contributed by atoms with Crippen molar-refractivity contribution < 1.29 is 75.7 Å². The minimum Gasteiger partial charge on any atom is -1.00 e. The third-order valence-corrected chi connectivity index (χ3v) is 9.54. The second-order valence-corrected chi connectivity index (χ2v) is 13.9. The number of esters is 4. The molecule has 0 spiro atoms. The van der Waals surface area contributed by atoms with Crippen molar-refractivity contribution in [2.24, 2.45) is 17.8 Å². The molecule has 15 heteroatoms. The van der Waals surface area contributed by atoms with Gasteiger partial charge in [-0.2, -0.15) is 0 Å². The maximum Gasteiger partial charge on any atom is 2.00 e. The van der Waals surface area contributed by atoms with Gasteiger partial charge in [-0.25, -0.2) is 19.2 Å². The maximum atomic E-state index is 11.5. The van der Waals surface area contributed by atoms with Gasteiger partial charge in [0.1, 0.15) is 12.2 Å². The predicted molar refractivity (Wildman–Crippen MR) is 182 cm³/mol. The smallest absolute Gasteiger partial charge is 1.00 e. The molecule has 3 aliphatic carbocycles. The number of aliphatic hydroxyl groups is 4. The Bertz CT molecular complexity index is 1240. The molecule has 6 aliphatic rings. The van der Waals surface area contributed by atoms with Crippen molar-refractivity contribution in [2.45, 2.75) is 141 Å². The van der Waals surface area contributed by atoms with Crippen LogP contribution in [0.2, 0.25) is 0 Å². The molecule has 13 nitrogen and oxygen atoms in total. The Kier molecular flexibility index (Phi) is 19.8. The normalized spacial score (nSPS) is 36.0. The number of aliphatic hydroxyl groups excluding tert-OH is 2. The molecule has 3 aliphatic heterocycles. The first-order valence-corrected chi connectivity index (χ1v) is 16.6. The summed E-state index contributed by atoms with van der Waals surface area (Å²) < 4.78 is 25.3. The van der Waals surface area contributed by atoms with Crippen LogP contribution in [0, 0.1) is 25.2 Å². The Morgan fingerprint density at radius 2 is 1.12 bits per heavy atom. The van der Waals surface area contributed by atoms with E-state index >= 15 is 0 Å². The number of carbonyl (C=O) groups excluding carboxylic acids is 4. The van der Waals surface area contributed by atoms with E-state index in [2.05, 4.69) is 24.5 Å². The average molecular weight is 756 g/mol. The minimum atomic E-state index is -1.36. The van der Waals surface area contributed by atoms with Crippen molar-refractivity contribution in [2.75, 3.05) is 0 Å². The predicted octanol–water partition coefficient (Wildman–Crippen LogP) is -0.00891. The monoisotopic (exact) mass is 754 g/mol. The van der Waals surface area contributed by atoms with Gasteiger partial charge in [0.2, 0.25) is 5.79 Å². The summed E-state index contributed by atoms with van der Waals surface area (Å²) >= 11 is 0. The summed E-state index contributed by atoms with van der Waals surface area (Å²) in [6.07, 6.45) is 7.06. The van der Waals surface area contributed by atoms with E-state index in [4.69, 9.17) is 18.9 Å². The van der Waals surface area contributed by atoms with Gasteiger partial charge in [0.05, 0.1) is 12.2 Å². The number of halogens is 1. The number of rotatable bonds is 4. The van der Waals surface area contributed by atoms with E-state index in [1.54, 1.807) is 13.8 Å². The quantitative estimate of drug-likeness (QED) is 0.0749. The summed E-state index contributed by atoms with van der Waals surface area (Å²) in [5.41, 5.74) is 0.733. The van der Waals surface area contributed by atoms with E-state index in [1.165, 1.54) is 20.8 Å². The standard InChI is InChI=1S/C12H18O4.C8H14O3.C8H10O3.C7H10O3.CH3.ClH.Mg/c1-7(2)11(13)15-10-8-5-4-6-9(8)16-12(10,3)14;1-8(10)7(9)5-3-2-4-6(5)11-8;1-5(2)7(9)11-8(10)6(3)4;8-6-4-2-1-3-5(4)10-7(6)9;;;/h8-10,14H,1,4-6H2,2-3H3;5-7,9-10H,2-4H2,1H3;1,3H2,2,4H3;4-6,8H,1-3H2;1H3;1H;/q;;;;-1;;+2/p-1. The molecule has 0 aromatic rings. The van der Waals surface area contributed by atoms with Crippen LogP contribution in [0.1, 0.15) is 92.4 Å². The Labute approximate surface area is 323 Å². The summed E-state index contributed by atoms with van der Waals surface area (Å²) in [5.74, 6) is -4.56. The molecule has 3 heterocycles. The fourth-order valence-corrected chi connectivity index (χ4v) is 6.98. The van der Waals surface area contributed by atoms with E-state index in [0.717, 1.165) is 57.8 Å². The van der Waals surface area contributed by atoms with Crippen LogP contribution in [-0.2, 0) is 42.9 Å². The van der Waals surface area contributed by atoms with Crippen molar-refractivity contribution in [3.63, 3.8) is 0 Å². The van der Waals surface area contributed by atoms with Crippen molar-refractivity contribution in [1.82, 2.24) is 0 Å². The zero-order valence-electron chi connectivity index (χ0n) is 30.7. The Morgan fingerprint density at radius 1 is 0.706 bits per heavy atom. The van der Waals surface area contributed by atoms with Crippen LogP contribution < -0.4 is 12.4 Å². The molecule has 3 saturated carbocycles. The zero-order valence-corrected chi connectivity index (χ0v) is 32.9. The van der Waals surface area contributed by atoms with E-state index in [9.17, 15) is 39.6 Å². The summed E-state index contributed by atoms with van der Waals surface area (Å²) in [4.78, 5) is 43.6. The maximum absolute atomic E-state index is 11.5. The van der Waals surface area contributed by atoms with Crippen LogP contribution in [0.4, 0.5) is 0 Å². The molecule has 3 saturated heterocycles. The molecular weight excluding hydrogens is 700 g/mol. The van der Waals surface area contributed by atoms with Crippen LogP contribution in [0.25, 0.3) is 0 Å². The third-order valence-electron chi connectivity index (χ3n) is 9.54. The summed E-state index contributed by atoms with van der Waals surface area (Å²) in [7, 11) is 0. The summed E-state index contributed by atoms with van der Waals surface area (Å²) in [6.45, 7) is 17.8.